The minimum absolute atomic E-state index is 0.116. The number of amides is 1. The van der Waals surface area contributed by atoms with E-state index in [0.29, 0.717) is 26.7 Å². The largest absolute Gasteiger partial charge is 0.422 e. The molecule has 2 aromatic carbocycles. The van der Waals surface area contributed by atoms with Crippen molar-refractivity contribution in [2.24, 2.45) is 0 Å². The van der Waals surface area contributed by atoms with Crippen molar-refractivity contribution in [2.45, 2.75) is 0 Å². The molecule has 6 heteroatoms. The third-order valence-corrected chi connectivity index (χ3v) is 3.63. The number of carbonyl (C=O) groups is 1. The summed E-state index contributed by atoms with van der Waals surface area (Å²) in [7, 11) is 0. The van der Waals surface area contributed by atoms with E-state index in [4.69, 9.17) is 27.6 Å². The van der Waals surface area contributed by atoms with Crippen molar-refractivity contribution >= 4 is 45.8 Å². The van der Waals surface area contributed by atoms with Gasteiger partial charge in [-0.05, 0) is 36.4 Å². The lowest BCUT2D eigenvalue weighted by atomic mass is 10.1. The number of hydrogen-bond acceptors (Lipinski definition) is 3. The molecule has 0 atom stereocenters. The Morgan fingerprint density at radius 2 is 1.82 bits per heavy atom. The second kappa shape index (κ2) is 5.83. The molecule has 0 bridgehead atoms. The molecule has 0 unspecified atom stereocenters. The molecule has 0 aliphatic rings. The number of nitrogens with one attached hydrogen (secondary N) is 1. The van der Waals surface area contributed by atoms with E-state index in [0.717, 1.165) is 0 Å². The zero-order chi connectivity index (χ0) is 15.7. The van der Waals surface area contributed by atoms with Gasteiger partial charge in [-0.25, -0.2) is 4.79 Å². The maximum absolute atomic E-state index is 12.3. The Hall–Kier alpha value is -2.30. The number of benzene rings is 2. The van der Waals surface area contributed by atoms with E-state index in [9.17, 15) is 9.59 Å². The summed E-state index contributed by atoms with van der Waals surface area (Å²) in [5, 5.41) is 4.01. The first-order chi connectivity index (χ1) is 10.5. The normalized spacial score (nSPS) is 10.6. The van der Waals surface area contributed by atoms with Crippen LogP contribution in [0.15, 0.2) is 57.7 Å². The summed E-state index contributed by atoms with van der Waals surface area (Å²) in [6, 6.07) is 13.0. The molecule has 0 spiro atoms. The van der Waals surface area contributed by atoms with E-state index in [1.807, 2.05) is 0 Å². The quantitative estimate of drug-likeness (QED) is 0.709. The molecule has 0 saturated carbocycles. The molecule has 0 saturated heterocycles. The highest BCUT2D eigenvalue weighted by atomic mass is 35.5. The van der Waals surface area contributed by atoms with Crippen molar-refractivity contribution in [2.75, 3.05) is 5.32 Å². The van der Waals surface area contributed by atoms with Gasteiger partial charge in [-0.3, -0.25) is 4.79 Å². The van der Waals surface area contributed by atoms with Crippen molar-refractivity contribution in [3.63, 3.8) is 0 Å². The number of anilines is 1. The summed E-state index contributed by atoms with van der Waals surface area (Å²) < 4.78 is 5.13. The second-order valence-electron chi connectivity index (χ2n) is 4.56. The predicted molar refractivity (Wildman–Crippen MR) is 86.9 cm³/mol. The fourth-order valence-electron chi connectivity index (χ4n) is 2.00. The van der Waals surface area contributed by atoms with Gasteiger partial charge in [0.05, 0.1) is 10.7 Å². The maximum atomic E-state index is 12.3. The number of halogens is 2. The molecule has 22 heavy (non-hydrogen) atoms. The summed E-state index contributed by atoms with van der Waals surface area (Å²) in [5.41, 5.74) is -0.0579. The van der Waals surface area contributed by atoms with Gasteiger partial charge >= 0.3 is 5.63 Å². The van der Waals surface area contributed by atoms with E-state index in [2.05, 4.69) is 5.32 Å². The first kappa shape index (κ1) is 14.6. The maximum Gasteiger partial charge on any atom is 0.349 e. The van der Waals surface area contributed by atoms with E-state index in [1.165, 1.54) is 6.07 Å². The Morgan fingerprint density at radius 1 is 1.05 bits per heavy atom. The Labute approximate surface area is 135 Å². The molecule has 4 nitrogen and oxygen atoms in total. The van der Waals surface area contributed by atoms with Crippen LogP contribution in [0.1, 0.15) is 10.4 Å². The van der Waals surface area contributed by atoms with Gasteiger partial charge in [-0.2, -0.15) is 0 Å². The van der Waals surface area contributed by atoms with Crippen molar-refractivity contribution < 1.29 is 9.21 Å². The fourth-order valence-corrected chi connectivity index (χ4v) is 2.37. The number of carbonyl (C=O) groups excluding carboxylic acids is 1. The number of rotatable bonds is 2. The average molecular weight is 334 g/mol. The number of para-hydroxylation sites is 1. The third kappa shape index (κ3) is 2.84. The highest BCUT2D eigenvalue weighted by molar-refractivity contribution is 6.34. The van der Waals surface area contributed by atoms with E-state index < -0.39 is 11.5 Å². The number of hydrogen-bond donors (Lipinski definition) is 1. The van der Waals surface area contributed by atoms with E-state index >= 15 is 0 Å². The molecule has 1 N–H and O–H groups in total. The van der Waals surface area contributed by atoms with Crippen molar-refractivity contribution in [3.05, 3.63) is 74.6 Å². The minimum Gasteiger partial charge on any atom is -0.422 e. The van der Waals surface area contributed by atoms with E-state index in [-0.39, 0.29) is 5.56 Å². The average Bonchev–Trinajstić information content (AvgIpc) is 2.49. The summed E-state index contributed by atoms with van der Waals surface area (Å²) in [6.07, 6.45) is 0. The van der Waals surface area contributed by atoms with Crippen LogP contribution in [-0.2, 0) is 0 Å². The Balaban J connectivity index is 2.02. The van der Waals surface area contributed by atoms with Gasteiger partial charge in [0.15, 0.2) is 0 Å². The van der Waals surface area contributed by atoms with Gasteiger partial charge in [0.2, 0.25) is 0 Å². The van der Waals surface area contributed by atoms with Gasteiger partial charge in [0, 0.05) is 10.4 Å². The van der Waals surface area contributed by atoms with Crippen LogP contribution < -0.4 is 10.9 Å². The van der Waals surface area contributed by atoms with Crippen molar-refractivity contribution in [1.29, 1.82) is 0 Å². The predicted octanol–water partition coefficient (Wildman–Crippen LogP) is 4.35. The van der Waals surface area contributed by atoms with Crippen LogP contribution in [0.25, 0.3) is 11.0 Å². The topological polar surface area (TPSA) is 59.3 Å². The lowest BCUT2D eigenvalue weighted by molar-refractivity contribution is 0.102. The lowest BCUT2D eigenvalue weighted by Crippen LogP contribution is -2.20. The van der Waals surface area contributed by atoms with Crippen LogP contribution in [0.3, 0.4) is 0 Å². The molecule has 3 rings (SSSR count). The second-order valence-corrected chi connectivity index (χ2v) is 5.41. The van der Waals surface area contributed by atoms with Gasteiger partial charge in [0.25, 0.3) is 5.91 Å². The van der Waals surface area contributed by atoms with Crippen LogP contribution in [-0.4, -0.2) is 5.91 Å². The molecular weight excluding hydrogens is 325 g/mol. The SMILES string of the molecule is O=C(Nc1ccccc1Cl)c1cc2cc(Cl)ccc2oc1=O. The molecule has 0 aliphatic carbocycles. The molecule has 0 fully saturated rings. The molecular formula is C16H9Cl2NO3. The van der Waals surface area contributed by atoms with Gasteiger partial charge in [0.1, 0.15) is 11.1 Å². The third-order valence-electron chi connectivity index (χ3n) is 3.06. The number of fused-ring (bicyclic) bond motifs is 1. The lowest BCUT2D eigenvalue weighted by Gasteiger charge is -2.06. The molecule has 3 aromatic rings. The fraction of sp³-hybridized carbons (Fsp3) is 0. The molecule has 1 aromatic heterocycles. The minimum atomic E-state index is -0.723. The highest BCUT2D eigenvalue weighted by Crippen LogP contribution is 2.22. The molecule has 0 aliphatic heterocycles. The standard InChI is InChI=1S/C16H9Cl2NO3/c17-10-5-6-14-9(7-10)8-11(16(21)22-14)15(20)19-13-4-2-1-3-12(13)18/h1-8H,(H,19,20). The van der Waals surface area contributed by atoms with Crippen LogP contribution in [0.4, 0.5) is 5.69 Å². The Bertz CT molecular complexity index is 934. The Morgan fingerprint density at radius 3 is 2.59 bits per heavy atom. The summed E-state index contributed by atoms with van der Waals surface area (Å²) in [6.45, 7) is 0. The molecule has 0 radical (unpaired) electrons. The van der Waals surface area contributed by atoms with Crippen LogP contribution in [0.5, 0.6) is 0 Å². The van der Waals surface area contributed by atoms with Crippen LogP contribution in [0.2, 0.25) is 10.0 Å². The monoisotopic (exact) mass is 333 g/mol. The van der Waals surface area contributed by atoms with Crippen molar-refractivity contribution in [1.82, 2.24) is 0 Å². The van der Waals surface area contributed by atoms with Crippen LogP contribution >= 0.6 is 23.2 Å². The molecule has 110 valence electrons. The summed E-state index contributed by atoms with van der Waals surface area (Å²) in [5.74, 6) is -0.594. The van der Waals surface area contributed by atoms with Crippen LogP contribution in [0, 0.1) is 0 Å². The Kier molecular flexibility index (Phi) is 3.88. The van der Waals surface area contributed by atoms with E-state index in [1.54, 1.807) is 42.5 Å². The van der Waals surface area contributed by atoms with Gasteiger partial charge in [-0.15, -0.1) is 0 Å². The van der Waals surface area contributed by atoms with Gasteiger partial charge in [-0.1, -0.05) is 35.3 Å². The van der Waals surface area contributed by atoms with Gasteiger partial charge < -0.3 is 9.73 Å². The zero-order valence-electron chi connectivity index (χ0n) is 11.1. The van der Waals surface area contributed by atoms with Crippen molar-refractivity contribution in [3.8, 4) is 0 Å². The first-order valence-corrected chi connectivity index (χ1v) is 7.09. The molecule has 1 amide bonds. The zero-order valence-corrected chi connectivity index (χ0v) is 12.6. The first-order valence-electron chi connectivity index (χ1n) is 6.34. The molecule has 1 heterocycles. The highest BCUT2D eigenvalue weighted by Gasteiger charge is 2.15. The summed E-state index contributed by atoms with van der Waals surface area (Å²) >= 11 is 11.9. The summed E-state index contributed by atoms with van der Waals surface area (Å²) in [4.78, 5) is 24.2. The smallest absolute Gasteiger partial charge is 0.349 e.